The Kier molecular flexibility index (Phi) is 5.07. The Morgan fingerprint density at radius 1 is 1.25 bits per heavy atom. The van der Waals surface area contributed by atoms with Crippen LogP contribution >= 0.6 is 0 Å². The van der Waals surface area contributed by atoms with Crippen LogP contribution in [0.25, 0.3) is 0 Å². The first-order valence-corrected chi connectivity index (χ1v) is 6.81. The Hall–Kier alpha value is -0.120. The molecular weight excluding hydrogens is 202 g/mol. The van der Waals surface area contributed by atoms with Gasteiger partial charge in [0.05, 0.1) is 12.7 Å². The van der Waals surface area contributed by atoms with Gasteiger partial charge in [0, 0.05) is 25.8 Å². The second-order valence-corrected chi connectivity index (χ2v) is 5.14. The lowest BCUT2D eigenvalue weighted by atomic mass is 9.99. The summed E-state index contributed by atoms with van der Waals surface area (Å²) in [4.78, 5) is 0. The summed E-state index contributed by atoms with van der Waals surface area (Å²) in [5.74, 6) is 0.743. The van der Waals surface area contributed by atoms with Gasteiger partial charge >= 0.3 is 0 Å². The molecule has 3 heteroatoms. The van der Waals surface area contributed by atoms with Crippen LogP contribution in [0.1, 0.15) is 39.0 Å². The number of rotatable bonds is 5. The summed E-state index contributed by atoms with van der Waals surface area (Å²) in [5.41, 5.74) is 0. The van der Waals surface area contributed by atoms with Crippen LogP contribution < -0.4 is 5.32 Å². The van der Waals surface area contributed by atoms with E-state index >= 15 is 0 Å². The zero-order chi connectivity index (χ0) is 11.2. The number of ether oxygens (including phenoxy) is 2. The van der Waals surface area contributed by atoms with E-state index in [2.05, 4.69) is 12.2 Å². The SMILES string of the molecule is CCCC1CC(NCC2CCOC2)CCO1. The summed E-state index contributed by atoms with van der Waals surface area (Å²) in [6.07, 6.45) is 6.54. The van der Waals surface area contributed by atoms with E-state index in [0.717, 1.165) is 32.3 Å². The van der Waals surface area contributed by atoms with Crippen molar-refractivity contribution in [2.45, 2.75) is 51.2 Å². The van der Waals surface area contributed by atoms with Gasteiger partial charge in [-0.25, -0.2) is 0 Å². The lowest BCUT2D eigenvalue weighted by Gasteiger charge is -2.30. The molecule has 94 valence electrons. The van der Waals surface area contributed by atoms with E-state index < -0.39 is 0 Å². The average molecular weight is 227 g/mol. The van der Waals surface area contributed by atoms with Crippen LogP contribution in [-0.4, -0.2) is 38.5 Å². The van der Waals surface area contributed by atoms with Crippen LogP contribution in [-0.2, 0) is 9.47 Å². The fourth-order valence-electron chi connectivity index (χ4n) is 2.67. The normalized spacial score (nSPS) is 35.4. The summed E-state index contributed by atoms with van der Waals surface area (Å²) < 4.78 is 11.1. The van der Waals surface area contributed by atoms with E-state index in [1.165, 1.54) is 32.1 Å². The zero-order valence-electron chi connectivity index (χ0n) is 10.4. The van der Waals surface area contributed by atoms with Crippen LogP contribution in [0.5, 0.6) is 0 Å². The molecule has 0 saturated carbocycles. The van der Waals surface area contributed by atoms with Gasteiger partial charge in [-0.1, -0.05) is 13.3 Å². The Morgan fingerprint density at radius 2 is 2.19 bits per heavy atom. The van der Waals surface area contributed by atoms with Gasteiger partial charge < -0.3 is 14.8 Å². The predicted molar refractivity (Wildman–Crippen MR) is 64.6 cm³/mol. The molecule has 0 amide bonds. The molecule has 16 heavy (non-hydrogen) atoms. The van der Waals surface area contributed by atoms with E-state index in [1.54, 1.807) is 0 Å². The van der Waals surface area contributed by atoms with Crippen LogP contribution in [0.3, 0.4) is 0 Å². The summed E-state index contributed by atoms with van der Waals surface area (Å²) in [6, 6.07) is 0.672. The molecule has 1 N–H and O–H groups in total. The number of hydrogen-bond donors (Lipinski definition) is 1. The molecule has 0 aliphatic carbocycles. The highest BCUT2D eigenvalue weighted by atomic mass is 16.5. The first-order chi connectivity index (χ1) is 7.88. The second kappa shape index (κ2) is 6.58. The molecule has 0 aromatic rings. The summed E-state index contributed by atoms with van der Waals surface area (Å²) in [6.45, 7) is 6.20. The molecule has 2 aliphatic heterocycles. The number of nitrogens with one attached hydrogen (secondary N) is 1. The molecule has 0 spiro atoms. The monoisotopic (exact) mass is 227 g/mol. The maximum atomic E-state index is 5.76. The molecule has 3 unspecified atom stereocenters. The quantitative estimate of drug-likeness (QED) is 0.779. The summed E-state index contributed by atoms with van der Waals surface area (Å²) >= 11 is 0. The minimum Gasteiger partial charge on any atom is -0.381 e. The predicted octanol–water partition coefficient (Wildman–Crippen LogP) is 1.96. The Morgan fingerprint density at radius 3 is 2.94 bits per heavy atom. The molecule has 0 aromatic heterocycles. The molecule has 0 bridgehead atoms. The Balaban J connectivity index is 1.64. The van der Waals surface area contributed by atoms with Crippen LogP contribution in [0.2, 0.25) is 0 Å². The van der Waals surface area contributed by atoms with Gasteiger partial charge in [0.15, 0.2) is 0 Å². The van der Waals surface area contributed by atoms with Crippen molar-refractivity contribution >= 4 is 0 Å². The molecule has 2 aliphatic rings. The fraction of sp³-hybridized carbons (Fsp3) is 1.00. The van der Waals surface area contributed by atoms with E-state index in [4.69, 9.17) is 9.47 Å². The smallest absolute Gasteiger partial charge is 0.0589 e. The third-order valence-electron chi connectivity index (χ3n) is 3.70. The van der Waals surface area contributed by atoms with Gasteiger partial charge in [-0.2, -0.15) is 0 Å². The minimum atomic E-state index is 0.496. The van der Waals surface area contributed by atoms with Crippen LogP contribution in [0.4, 0.5) is 0 Å². The summed E-state index contributed by atoms with van der Waals surface area (Å²) in [7, 11) is 0. The van der Waals surface area contributed by atoms with E-state index in [-0.39, 0.29) is 0 Å². The second-order valence-electron chi connectivity index (χ2n) is 5.14. The van der Waals surface area contributed by atoms with Gasteiger partial charge in [-0.3, -0.25) is 0 Å². The average Bonchev–Trinajstić information content (AvgIpc) is 2.80. The molecule has 0 radical (unpaired) electrons. The maximum absolute atomic E-state index is 5.76. The first-order valence-electron chi connectivity index (χ1n) is 6.81. The standard InChI is InChI=1S/C13H25NO2/c1-2-3-13-8-12(5-7-16-13)14-9-11-4-6-15-10-11/h11-14H,2-10H2,1H3. The fourth-order valence-corrected chi connectivity index (χ4v) is 2.67. The third-order valence-corrected chi connectivity index (χ3v) is 3.70. The Bertz CT molecular complexity index is 190. The third kappa shape index (κ3) is 3.72. The zero-order valence-corrected chi connectivity index (χ0v) is 10.4. The molecule has 2 rings (SSSR count). The van der Waals surface area contributed by atoms with Gasteiger partial charge in [0.25, 0.3) is 0 Å². The van der Waals surface area contributed by atoms with Crippen LogP contribution in [0, 0.1) is 5.92 Å². The molecular formula is C13H25NO2. The van der Waals surface area contributed by atoms with Crippen molar-refractivity contribution in [2.24, 2.45) is 5.92 Å². The molecule has 2 fully saturated rings. The molecule has 3 nitrogen and oxygen atoms in total. The highest BCUT2D eigenvalue weighted by Crippen LogP contribution is 2.19. The van der Waals surface area contributed by atoms with Gasteiger partial charge in [0.2, 0.25) is 0 Å². The minimum absolute atomic E-state index is 0.496. The van der Waals surface area contributed by atoms with Crippen molar-refractivity contribution in [1.29, 1.82) is 0 Å². The number of hydrogen-bond acceptors (Lipinski definition) is 3. The maximum Gasteiger partial charge on any atom is 0.0589 e. The lowest BCUT2D eigenvalue weighted by molar-refractivity contribution is -0.00373. The van der Waals surface area contributed by atoms with E-state index in [0.29, 0.717) is 12.1 Å². The van der Waals surface area contributed by atoms with Crippen molar-refractivity contribution in [3.8, 4) is 0 Å². The van der Waals surface area contributed by atoms with Gasteiger partial charge in [0.1, 0.15) is 0 Å². The van der Waals surface area contributed by atoms with Crippen molar-refractivity contribution in [3.05, 3.63) is 0 Å². The van der Waals surface area contributed by atoms with Crippen molar-refractivity contribution in [2.75, 3.05) is 26.4 Å². The topological polar surface area (TPSA) is 30.5 Å². The van der Waals surface area contributed by atoms with E-state index in [9.17, 15) is 0 Å². The Labute approximate surface area is 98.9 Å². The highest BCUT2D eigenvalue weighted by Gasteiger charge is 2.23. The van der Waals surface area contributed by atoms with E-state index in [1.807, 2.05) is 0 Å². The molecule has 2 heterocycles. The largest absolute Gasteiger partial charge is 0.381 e. The lowest BCUT2D eigenvalue weighted by Crippen LogP contribution is -2.41. The summed E-state index contributed by atoms with van der Waals surface area (Å²) in [5, 5.41) is 3.69. The molecule has 2 saturated heterocycles. The van der Waals surface area contributed by atoms with Crippen molar-refractivity contribution in [3.63, 3.8) is 0 Å². The first kappa shape index (κ1) is 12.3. The van der Waals surface area contributed by atoms with Crippen molar-refractivity contribution in [1.82, 2.24) is 5.32 Å². The molecule has 3 atom stereocenters. The highest BCUT2D eigenvalue weighted by molar-refractivity contribution is 4.78. The van der Waals surface area contributed by atoms with Crippen LogP contribution in [0.15, 0.2) is 0 Å². The van der Waals surface area contributed by atoms with Crippen molar-refractivity contribution < 1.29 is 9.47 Å². The van der Waals surface area contributed by atoms with Gasteiger partial charge in [-0.05, 0) is 31.6 Å². The van der Waals surface area contributed by atoms with Gasteiger partial charge in [-0.15, -0.1) is 0 Å². The molecule has 0 aromatic carbocycles.